The Morgan fingerprint density at radius 2 is 2.00 bits per heavy atom. The van der Waals surface area contributed by atoms with E-state index in [9.17, 15) is 13.2 Å². The Hall–Kier alpha value is -3.04. The van der Waals surface area contributed by atoms with Gasteiger partial charge >= 0.3 is 12.2 Å². The number of nitrogens with one attached hydrogen (secondary N) is 1. The molecule has 0 saturated carbocycles. The van der Waals surface area contributed by atoms with Crippen molar-refractivity contribution >= 4 is 17.6 Å². The lowest BCUT2D eigenvalue weighted by atomic mass is 10.3. The van der Waals surface area contributed by atoms with Gasteiger partial charge in [-0.15, -0.1) is 0 Å². The lowest BCUT2D eigenvalue weighted by Gasteiger charge is -2.10. The molecule has 3 N–H and O–H groups in total. The van der Waals surface area contributed by atoms with Crippen LogP contribution in [0.3, 0.4) is 0 Å². The van der Waals surface area contributed by atoms with Gasteiger partial charge in [-0.1, -0.05) is 18.7 Å². The molecule has 128 valence electrons. The molecule has 10 heteroatoms. The quantitative estimate of drug-likeness (QED) is 0.748. The van der Waals surface area contributed by atoms with Crippen molar-refractivity contribution in [3.63, 3.8) is 0 Å². The Bertz CT molecular complexity index is 709. The van der Waals surface area contributed by atoms with Crippen LogP contribution in [0.5, 0.6) is 11.8 Å². The molecule has 1 aromatic carbocycles. The van der Waals surface area contributed by atoms with Gasteiger partial charge in [0.2, 0.25) is 11.9 Å². The highest BCUT2D eigenvalue weighted by Gasteiger charge is 2.29. The Labute approximate surface area is 135 Å². The van der Waals surface area contributed by atoms with E-state index in [2.05, 4.69) is 31.6 Å². The molecular weight excluding hydrogens is 327 g/mol. The van der Waals surface area contributed by atoms with Crippen LogP contribution in [0, 0.1) is 0 Å². The van der Waals surface area contributed by atoms with Gasteiger partial charge in [-0.2, -0.15) is 28.1 Å². The van der Waals surface area contributed by atoms with Crippen molar-refractivity contribution in [2.45, 2.75) is 6.18 Å². The van der Waals surface area contributed by atoms with Crippen molar-refractivity contribution in [1.29, 1.82) is 0 Å². The Morgan fingerprint density at radius 1 is 1.21 bits per heavy atom. The summed E-state index contributed by atoms with van der Waals surface area (Å²) in [6.45, 7) is 2.35. The van der Waals surface area contributed by atoms with Gasteiger partial charge in [-0.3, -0.25) is 0 Å². The van der Waals surface area contributed by atoms with Crippen LogP contribution >= 0.6 is 0 Å². The van der Waals surface area contributed by atoms with Crippen LogP contribution in [0.25, 0.3) is 0 Å². The average molecular weight is 341 g/mol. The Kier molecular flexibility index (Phi) is 5.40. The van der Waals surface area contributed by atoms with Gasteiger partial charge in [-0.25, -0.2) is 0 Å². The molecule has 0 amide bonds. The fourth-order valence-corrected chi connectivity index (χ4v) is 1.59. The monoisotopic (exact) mass is 341 g/mol. The van der Waals surface area contributed by atoms with Gasteiger partial charge in [0, 0.05) is 11.8 Å². The number of benzene rings is 1. The predicted octanol–water partition coefficient (Wildman–Crippen LogP) is 2.70. The Morgan fingerprint density at radius 3 is 2.71 bits per heavy atom. The molecular formula is C14H14F3N5O2. The number of alkyl halides is 3. The fourth-order valence-electron chi connectivity index (χ4n) is 1.59. The molecule has 0 saturated heterocycles. The molecule has 0 aliphatic rings. The number of nitrogen functional groups attached to an aromatic ring is 1. The number of anilines is 3. The molecule has 7 nitrogen and oxygen atoms in total. The number of ether oxygens (including phenoxy) is 2. The van der Waals surface area contributed by atoms with Gasteiger partial charge in [0.1, 0.15) is 12.4 Å². The SMILES string of the molecule is C=CCOc1cccc(Nc2nc(N)nc(OCC(F)(F)F)n2)c1. The minimum absolute atomic E-state index is 0.0551. The first kappa shape index (κ1) is 17.3. The van der Waals surface area contributed by atoms with Crippen LogP contribution in [0.1, 0.15) is 0 Å². The van der Waals surface area contributed by atoms with Crippen molar-refractivity contribution in [3.8, 4) is 11.8 Å². The number of nitrogens with two attached hydrogens (primary N) is 1. The first-order chi connectivity index (χ1) is 11.4. The number of nitrogens with zero attached hydrogens (tertiary/aromatic N) is 3. The standard InChI is InChI=1S/C14H14F3N5O2/c1-2-6-23-10-5-3-4-9(7-10)19-12-20-11(18)21-13(22-12)24-8-14(15,16)17/h2-5,7H,1,6,8H2,(H3,18,19,20,21,22). The number of aromatic nitrogens is 3. The van der Waals surface area contributed by atoms with E-state index in [1.807, 2.05) is 0 Å². The van der Waals surface area contributed by atoms with E-state index in [4.69, 9.17) is 10.5 Å². The summed E-state index contributed by atoms with van der Waals surface area (Å²) < 4.78 is 46.3. The van der Waals surface area contributed by atoms with Gasteiger partial charge < -0.3 is 20.5 Å². The van der Waals surface area contributed by atoms with Crippen LogP contribution in [-0.2, 0) is 0 Å². The van der Waals surface area contributed by atoms with E-state index in [-0.39, 0.29) is 11.9 Å². The second kappa shape index (κ2) is 7.49. The third kappa shape index (κ3) is 5.63. The van der Waals surface area contributed by atoms with Crippen LogP contribution in [-0.4, -0.2) is 34.3 Å². The van der Waals surface area contributed by atoms with E-state index in [1.165, 1.54) is 0 Å². The second-order valence-corrected chi connectivity index (χ2v) is 4.46. The lowest BCUT2D eigenvalue weighted by molar-refractivity contribution is -0.154. The summed E-state index contributed by atoms with van der Waals surface area (Å²) in [5.41, 5.74) is 5.99. The summed E-state index contributed by atoms with van der Waals surface area (Å²) in [5, 5.41) is 2.79. The number of hydrogen-bond acceptors (Lipinski definition) is 7. The van der Waals surface area contributed by atoms with Crippen molar-refractivity contribution in [3.05, 3.63) is 36.9 Å². The average Bonchev–Trinajstić information content (AvgIpc) is 2.50. The maximum atomic E-state index is 12.2. The fraction of sp³-hybridized carbons (Fsp3) is 0.214. The second-order valence-electron chi connectivity index (χ2n) is 4.46. The lowest BCUT2D eigenvalue weighted by Crippen LogP contribution is -2.20. The smallest absolute Gasteiger partial charge is 0.422 e. The molecule has 2 rings (SSSR count). The predicted molar refractivity (Wildman–Crippen MR) is 81.2 cm³/mol. The van der Waals surface area contributed by atoms with E-state index >= 15 is 0 Å². The molecule has 0 fully saturated rings. The van der Waals surface area contributed by atoms with Gasteiger partial charge in [0.05, 0.1) is 0 Å². The number of hydrogen-bond donors (Lipinski definition) is 2. The van der Waals surface area contributed by atoms with Gasteiger partial charge in [0.25, 0.3) is 0 Å². The van der Waals surface area contributed by atoms with Crippen LogP contribution in [0.2, 0.25) is 0 Å². The summed E-state index contributed by atoms with van der Waals surface area (Å²) in [4.78, 5) is 11.0. The summed E-state index contributed by atoms with van der Waals surface area (Å²) >= 11 is 0. The molecule has 0 spiro atoms. The largest absolute Gasteiger partial charge is 0.489 e. The van der Waals surface area contributed by atoms with Crippen molar-refractivity contribution in [2.24, 2.45) is 0 Å². The van der Waals surface area contributed by atoms with Crippen molar-refractivity contribution in [2.75, 3.05) is 24.3 Å². The first-order valence-electron chi connectivity index (χ1n) is 6.67. The highest BCUT2D eigenvalue weighted by atomic mass is 19.4. The maximum absolute atomic E-state index is 12.2. The summed E-state index contributed by atoms with van der Waals surface area (Å²) in [5.74, 6) is 0.236. The van der Waals surface area contributed by atoms with E-state index in [0.29, 0.717) is 18.0 Å². The first-order valence-corrected chi connectivity index (χ1v) is 6.67. The van der Waals surface area contributed by atoms with Crippen molar-refractivity contribution < 1.29 is 22.6 Å². The maximum Gasteiger partial charge on any atom is 0.422 e. The van der Waals surface area contributed by atoms with E-state index in [1.54, 1.807) is 30.3 Å². The van der Waals surface area contributed by atoms with Gasteiger partial charge in [0.15, 0.2) is 6.61 Å². The van der Waals surface area contributed by atoms with Crippen molar-refractivity contribution in [1.82, 2.24) is 15.0 Å². The summed E-state index contributed by atoms with van der Waals surface area (Å²) in [7, 11) is 0. The molecule has 0 radical (unpaired) electrons. The molecule has 0 bridgehead atoms. The zero-order chi connectivity index (χ0) is 17.6. The zero-order valence-corrected chi connectivity index (χ0v) is 12.4. The molecule has 2 aromatic rings. The van der Waals surface area contributed by atoms with E-state index in [0.717, 1.165) is 0 Å². The minimum Gasteiger partial charge on any atom is -0.489 e. The molecule has 0 atom stereocenters. The molecule has 0 aliphatic heterocycles. The Balaban J connectivity index is 2.11. The minimum atomic E-state index is -4.51. The van der Waals surface area contributed by atoms with Gasteiger partial charge in [-0.05, 0) is 12.1 Å². The van der Waals surface area contributed by atoms with Crippen LogP contribution < -0.4 is 20.5 Å². The molecule has 24 heavy (non-hydrogen) atoms. The highest BCUT2D eigenvalue weighted by Crippen LogP contribution is 2.22. The molecule has 0 aliphatic carbocycles. The van der Waals surface area contributed by atoms with E-state index < -0.39 is 18.8 Å². The highest BCUT2D eigenvalue weighted by molar-refractivity contribution is 5.56. The third-order valence-electron chi connectivity index (χ3n) is 2.46. The normalized spacial score (nSPS) is 11.0. The van der Waals surface area contributed by atoms with Crippen LogP contribution in [0.15, 0.2) is 36.9 Å². The number of halogens is 3. The molecule has 1 aromatic heterocycles. The van der Waals surface area contributed by atoms with Crippen LogP contribution in [0.4, 0.5) is 30.8 Å². The topological polar surface area (TPSA) is 95.2 Å². The number of rotatable bonds is 7. The third-order valence-corrected chi connectivity index (χ3v) is 2.46. The summed E-state index contributed by atoms with van der Waals surface area (Å²) in [6.07, 6.45) is -2.91. The molecule has 0 unspecified atom stereocenters. The summed E-state index contributed by atoms with van der Waals surface area (Å²) in [6, 6.07) is 6.26. The zero-order valence-electron chi connectivity index (χ0n) is 12.4. The molecule has 1 heterocycles.